The largest absolute Gasteiger partial charge is 0.329 e. The van der Waals surface area contributed by atoms with E-state index >= 15 is 0 Å². The highest BCUT2D eigenvalue weighted by molar-refractivity contribution is 5.08. The second-order valence-electron chi connectivity index (χ2n) is 5.53. The van der Waals surface area contributed by atoms with Crippen molar-refractivity contribution in [3.63, 3.8) is 0 Å². The van der Waals surface area contributed by atoms with Gasteiger partial charge in [0.15, 0.2) is 0 Å². The number of fused-ring (bicyclic) bond motifs is 1. The Balaban J connectivity index is 1.91. The Morgan fingerprint density at radius 2 is 2.25 bits per heavy atom. The summed E-state index contributed by atoms with van der Waals surface area (Å²) in [5.41, 5.74) is 6.24. The van der Waals surface area contributed by atoms with E-state index in [4.69, 9.17) is 5.73 Å². The highest BCUT2D eigenvalue weighted by Crippen LogP contribution is 2.35. The van der Waals surface area contributed by atoms with Gasteiger partial charge in [-0.3, -0.25) is 4.90 Å². The summed E-state index contributed by atoms with van der Waals surface area (Å²) >= 11 is 0. The lowest BCUT2D eigenvalue weighted by molar-refractivity contribution is 0.223. The Kier molecular flexibility index (Phi) is 3.85. The van der Waals surface area contributed by atoms with Gasteiger partial charge >= 0.3 is 0 Å². The predicted molar refractivity (Wildman–Crippen MR) is 67.6 cm³/mol. The van der Waals surface area contributed by atoms with Gasteiger partial charge in [-0.2, -0.15) is 0 Å². The van der Waals surface area contributed by atoms with E-state index in [1.54, 1.807) is 0 Å². The van der Waals surface area contributed by atoms with Gasteiger partial charge in [-0.25, -0.2) is 0 Å². The average molecular weight is 226 g/mol. The third-order valence-corrected chi connectivity index (χ3v) is 4.25. The van der Waals surface area contributed by atoms with Gasteiger partial charge in [-0.1, -0.05) is 0 Å². The van der Waals surface area contributed by atoms with Crippen LogP contribution in [0.2, 0.25) is 0 Å². The van der Waals surface area contributed by atoms with E-state index in [2.05, 4.69) is 29.2 Å². The predicted octanol–water partition coefficient (Wildman–Crippen LogP) is -0.297. The molecule has 0 radical (unpaired) electrons. The van der Waals surface area contributed by atoms with Crippen molar-refractivity contribution < 1.29 is 0 Å². The molecule has 0 amide bonds. The lowest BCUT2D eigenvalue weighted by Gasteiger charge is -2.35. The van der Waals surface area contributed by atoms with Crippen LogP contribution in [0.1, 0.15) is 19.3 Å². The Bertz CT molecular complexity index is 231. The van der Waals surface area contributed by atoms with E-state index in [0.29, 0.717) is 6.04 Å². The third-order valence-electron chi connectivity index (χ3n) is 4.25. The normalized spacial score (nSPS) is 34.9. The van der Waals surface area contributed by atoms with Gasteiger partial charge in [0.05, 0.1) is 0 Å². The maximum atomic E-state index is 6.04. The SMILES string of the molecule is CN(C)CCNC1(CN)CCN2CCCC21. The van der Waals surface area contributed by atoms with Crippen LogP contribution in [0, 0.1) is 0 Å². The highest BCUT2D eigenvalue weighted by atomic mass is 15.3. The number of nitrogens with two attached hydrogens (primary N) is 1. The van der Waals surface area contributed by atoms with E-state index in [0.717, 1.165) is 19.6 Å². The molecule has 94 valence electrons. The molecule has 0 bridgehead atoms. The standard InChI is InChI=1S/C12H26N4/c1-15(2)9-6-14-12(10-13)5-8-16-7-3-4-11(12)16/h11,14H,3-10,13H2,1-2H3. The van der Waals surface area contributed by atoms with E-state index < -0.39 is 0 Å². The molecule has 2 saturated heterocycles. The molecule has 0 aromatic heterocycles. The summed E-state index contributed by atoms with van der Waals surface area (Å²) in [6.07, 6.45) is 3.90. The fraction of sp³-hybridized carbons (Fsp3) is 1.00. The van der Waals surface area contributed by atoms with E-state index in [9.17, 15) is 0 Å². The molecule has 2 heterocycles. The quantitative estimate of drug-likeness (QED) is 0.676. The minimum absolute atomic E-state index is 0.201. The van der Waals surface area contributed by atoms with Gasteiger partial charge in [-0.05, 0) is 39.9 Å². The number of nitrogens with one attached hydrogen (secondary N) is 1. The molecule has 0 aromatic carbocycles. The van der Waals surface area contributed by atoms with Crippen LogP contribution in [0.15, 0.2) is 0 Å². The molecule has 0 aromatic rings. The number of nitrogens with zero attached hydrogens (tertiary/aromatic N) is 2. The molecule has 3 N–H and O–H groups in total. The summed E-state index contributed by atoms with van der Waals surface area (Å²) in [5.74, 6) is 0. The van der Waals surface area contributed by atoms with Crippen LogP contribution in [0.25, 0.3) is 0 Å². The molecule has 2 aliphatic rings. The van der Waals surface area contributed by atoms with Crippen molar-refractivity contribution in [3.05, 3.63) is 0 Å². The second kappa shape index (κ2) is 5.00. The minimum Gasteiger partial charge on any atom is -0.329 e. The van der Waals surface area contributed by atoms with Crippen LogP contribution < -0.4 is 11.1 Å². The number of hydrogen-bond donors (Lipinski definition) is 2. The summed E-state index contributed by atoms with van der Waals surface area (Å²) in [7, 11) is 4.24. The molecule has 16 heavy (non-hydrogen) atoms. The van der Waals surface area contributed by atoms with Crippen molar-refractivity contribution in [2.24, 2.45) is 5.73 Å². The van der Waals surface area contributed by atoms with Gasteiger partial charge in [0.2, 0.25) is 0 Å². The first kappa shape index (κ1) is 12.3. The molecule has 2 atom stereocenters. The lowest BCUT2D eigenvalue weighted by atomic mass is 9.88. The molecule has 2 rings (SSSR count). The van der Waals surface area contributed by atoms with Gasteiger partial charge in [0.25, 0.3) is 0 Å². The summed E-state index contributed by atoms with van der Waals surface area (Å²) < 4.78 is 0. The number of hydrogen-bond acceptors (Lipinski definition) is 4. The molecule has 2 fully saturated rings. The van der Waals surface area contributed by atoms with Crippen molar-refractivity contribution in [1.82, 2.24) is 15.1 Å². The Morgan fingerprint density at radius 3 is 2.94 bits per heavy atom. The van der Waals surface area contributed by atoms with E-state index in [1.165, 1.54) is 32.4 Å². The second-order valence-corrected chi connectivity index (χ2v) is 5.53. The van der Waals surface area contributed by atoms with Gasteiger partial charge in [0, 0.05) is 37.8 Å². The molecule has 2 unspecified atom stereocenters. The smallest absolute Gasteiger partial charge is 0.0474 e. The topological polar surface area (TPSA) is 44.5 Å². The van der Waals surface area contributed by atoms with E-state index in [-0.39, 0.29) is 5.54 Å². The maximum absolute atomic E-state index is 6.04. The van der Waals surface area contributed by atoms with Gasteiger partial charge in [-0.15, -0.1) is 0 Å². The van der Waals surface area contributed by atoms with Crippen molar-refractivity contribution in [3.8, 4) is 0 Å². The van der Waals surface area contributed by atoms with Crippen molar-refractivity contribution in [2.75, 3.05) is 46.8 Å². The van der Waals surface area contributed by atoms with Crippen LogP contribution in [0.4, 0.5) is 0 Å². The summed E-state index contributed by atoms with van der Waals surface area (Å²) in [6, 6.07) is 0.694. The first-order valence-electron chi connectivity index (χ1n) is 6.52. The Hall–Kier alpha value is -0.160. The zero-order valence-corrected chi connectivity index (χ0v) is 10.7. The zero-order chi connectivity index (χ0) is 11.6. The van der Waals surface area contributed by atoms with Crippen molar-refractivity contribution in [1.29, 1.82) is 0 Å². The molecule has 2 aliphatic heterocycles. The molecular weight excluding hydrogens is 200 g/mol. The van der Waals surface area contributed by atoms with Crippen molar-refractivity contribution >= 4 is 0 Å². The van der Waals surface area contributed by atoms with Crippen LogP contribution in [-0.2, 0) is 0 Å². The Morgan fingerprint density at radius 1 is 1.44 bits per heavy atom. The van der Waals surface area contributed by atoms with Gasteiger partial charge < -0.3 is 16.0 Å². The van der Waals surface area contributed by atoms with Crippen LogP contribution in [-0.4, -0.2) is 68.2 Å². The first-order chi connectivity index (χ1) is 7.68. The molecular formula is C12H26N4. The Labute approximate surface area is 99.2 Å². The molecule has 0 aliphatic carbocycles. The van der Waals surface area contributed by atoms with Crippen molar-refractivity contribution in [2.45, 2.75) is 30.8 Å². The fourth-order valence-corrected chi connectivity index (χ4v) is 3.27. The van der Waals surface area contributed by atoms with Crippen LogP contribution in [0.3, 0.4) is 0 Å². The molecule has 0 saturated carbocycles. The average Bonchev–Trinajstić information content (AvgIpc) is 2.81. The summed E-state index contributed by atoms with van der Waals surface area (Å²) in [6.45, 7) is 5.43. The van der Waals surface area contributed by atoms with Gasteiger partial charge in [0.1, 0.15) is 0 Å². The monoisotopic (exact) mass is 226 g/mol. The fourth-order valence-electron chi connectivity index (χ4n) is 3.27. The minimum atomic E-state index is 0.201. The number of likely N-dealkylation sites (N-methyl/N-ethyl adjacent to an activating group) is 1. The molecule has 0 spiro atoms. The lowest BCUT2D eigenvalue weighted by Crippen LogP contribution is -2.59. The van der Waals surface area contributed by atoms with Crippen LogP contribution >= 0.6 is 0 Å². The molecule has 4 nitrogen and oxygen atoms in total. The van der Waals surface area contributed by atoms with Crippen LogP contribution in [0.5, 0.6) is 0 Å². The maximum Gasteiger partial charge on any atom is 0.0474 e. The highest BCUT2D eigenvalue weighted by Gasteiger charge is 2.47. The summed E-state index contributed by atoms with van der Waals surface area (Å²) in [4.78, 5) is 4.84. The number of rotatable bonds is 5. The molecule has 4 heteroatoms. The first-order valence-corrected chi connectivity index (χ1v) is 6.52. The zero-order valence-electron chi connectivity index (χ0n) is 10.7. The third kappa shape index (κ3) is 2.25. The van der Waals surface area contributed by atoms with E-state index in [1.807, 2.05) is 0 Å². The summed E-state index contributed by atoms with van der Waals surface area (Å²) in [5, 5.41) is 3.74.